The van der Waals surface area contributed by atoms with Gasteiger partial charge in [0.05, 0.1) is 0 Å². The van der Waals surface area contributed by atoms with Crippen molar-refractivity contribution in [1.82, 2.24) is 15.5 Å². The van der Waals surface area contributed by atoms with Crippen molar-refractivity contribution in [2.24, 2.45) is 0 Å². The molecule has 5 heteroatoms. The average molecular weight is 245 g/mol. The van der Waals surface area contributed by atoms with Crippen LogP contribution in [0.15, 0.2) is 0 Å². The molecule has 94 valence electrons. The molecule has 0 aromatic rings. The zero-order chi connectivity index (χ0) is 12.7. The molecule has 1 atom stereocenters. The van der Waals surface area contributed by atoms with Crippen molar-refractivity contribution in [2.75, 3.05) is 13.1 Å². The highest BCUT2D eigenvalue weighted by Crippen LogP contribution is 1.94. The van der Waals surface area contributed by atoms with Crippen molar-refractivity contribution < 1.29 is 4.79 Å². The first-order chi connectivity index (χ1) is 7.42. The second kappa shape index (κ2) is 7.44. The van der Waals surface area contributed by atoms with Crippen LogP contribution in [-0.2, 0) is 4.79 Å². The van der Waals surface area contributed by atoms with Crippen molar-refractivity contribution in [3.05, 3.63) is 0 Å². The number of carbonyl (C=O) groups excluding carboxylic acids is 1. The van der Waals surface area contributed by atoms with E-state index < -0.39 is 0 Å². The molecule has 0 aliphatic carbocycles. The van der Waals surface area contributed by atoms with Gasteiger partial charge in [-0.05, 0) is 46.8 Å². The van der Waals surface area contributed by atoms with Crippen LogP contribution in [0.5, 0.6) is 0 Å². The predicted molar refractivity (Wildman–Crippen MR) is 71.4 cm³/mol. The van der Waals surface area contributed by atoms with Gasteiger partial charge in [0, 0.05) is 19.1 Å². The zero-order valence-electron chi connectivity index (χ0n) is 10.8. The molecule has 0 aromatic heterocycles. The third kappa shape index (κ3) is 5.30. The molecular weight excluding hydrogens is 222 g/mol. The van der Waals surface area contributed by atoms with Crippen molar-refractivity contribution in [3.8, 4) is 0 Å². The van der Waals surface area contributed by atoms with Gasteiger partial charge in [0.1, 0.15) is 6.04 Å². The Morgan fingerprint density at radius 3 is 2.06 bits per heavy atom. The molecular formula is C11H23N3OS. The number of nitrogens with zero attached hydrogens (tertiary/aromatic N) is 1. The molecule has 0 rings (SSSR count). The third-order valence-corrected chi connectivity index (χ3v) is 2.45. The monoisotopic (exact) mass is 245 g/mol. The van der Waals surface area contributed by atoms with E-state index in [1.165, 1.54) is 0 Å². The van der Waals surface area contributed by atoms with Gasteiger partial charge in [-0.1, -0.05) is 0 Å². The van der Waals surface area contributed by atoms with E-state index in [9.17, 15) is 4.79 Å². The molecule has 0 spiro atoms. The molecule has 0 aliphatic heterocycles. The summed E-state index contributed by atoms with van der Waals surface area (Å²) in [6.45, 7) is 11.2. The Hall–Kier alpha value is -0.840. The number of nitrogens with one attached hydrogen (secondary N) is 2. The van der Waals surface area contributed by atoms with Crippen LogP contribution >= 0.6 is 12.2 Å². The quantitative estimate of drug-likeness (QED) is 0.712. The Bertz CT molecular complexity index is 239. The zero-order valence-corrected chi connectivity index (χ0v) is 11.6. The highest BCUT2D eigenvalue weighted by molar-refractivity contribution is 7.80. The van der Waals surface area contributed by atoms with Crippen LogP contribution in [0.2, 0.25) is 0 Å². The Balaban J connectivity index is 4.19. The lowest BCUT2D eigenvalue weighted by Gasteiger charge is -2.24. The summed E-state index contributed by atoms with van der Waals surface area (Å²) < 4.78 is 0. The Labute approximate surface area is 104 Å². The first-order valence-electron chi connectivity index (χ1n) is 5.78. The molecule has 0 saturated carbocycles. The largest absolute Gasteiger partial charge is 0.361 e. The van der Waals surface area contributed by atoms with Crippen LogP contribution in [0.1, 0.15) is 34.6 Å². The SMILES string of the molecule is CCN(CC)C(=O)C(C)NC(=S)NC(C)C. The van der Waals surface area contributed by atoms with Gasteiger partial charge in [-0.15, -0.1) is 0 Å². The molecule has 1 unspecified atom stereocenters. The molecule has 0 saturated heterocycles. The summed E-state index contributed by atoms with van der Waals surface area (Å²) in [6, 6.07) is -0.00518. The van der Waals surface area contributed by atoms with Crippen LogP contribution in [-0.4, -0.2) is 41.1 Å². The fraction of sp³-hybridized carbons (Fsp3) is 0.818. The molecule has 0 fully saturated rings. The van der Waals surface area contributed by atoms with Gasteiger partial charge in [0.25, 0.3) is 0 Å². The van der Waals surface area contributed by atoms with Gasteiger partial charge in [-0.3, -0.25) is 4.79 Å². The van der Waals surface area contributed by atoms with E-state index in [1.807, 2.05) is 34.6 Å². The molecule has 0 bridgehead atoms. The number of likely N-dealkylation sites (N-methyl/N-ethyl adjacent to an activating group) is 1. The topological polar surface area (TPSA) is 44.4 Å². The van der Waals surface area contributed by atoms with E-state index in [4.69, 9.17) is 12.2 Å². The third-order valence-electron chi connectivity index (χ3n) is 2.21. The van der Waals surface area contributed by atoms with E-state index in [0.29, 0.717) is 5.11 Å². The van der Waals surface area contributed by atoms with E-state index in [0.717, 1.165) is 13.1 Å². The van der Waals surface area contributed by atoms with Gasteiger partial charge in [-0.2, -0.15) is 0 Å². The number of hydrogen-bond donors (Lipinski definition) is 2. The van der Waals surface area contributed by atoms with Crippen LogP contribution in [0, 0.1) is 0 Å². The second-order valence-corrected chi connectivity index (χ2v) is 4.41. The molecule has 4 nitrogen and oxygen atoms in total. The molecule has 2 N–H and O–H groups in total. The van der Waals surface area contributed by atoms with E-state index >= 15 is 0 Å². The maximum atomic E-state index is 11.9. The lowest BCUT2D eigenvalue weighted by molar-refractivity contribution is -0.132. The van der Waals surface area contributed by atoms with Crippen LogP contribution < -0.4 is 10.6 Å². The predicted octanol–water partition coefficient (Wildman–Crippen LogP) is 1.12. The summed E-state index contributed by atoms with van der Waals surface area (Å²) in [4.78, 5) is 13.7. The van der Waals surface area contributed by atoms with E-state index in [-0.39, 0.29) is 18.0 Å². The number of thiocarbonyl (C=S) groups is 1. The van der Waals surface area contributed by atoms with E-state index in [1.54, 1.807) is 4.90 Å². The van der Waals surface area contributed by atoms with Gasteiger partial charge in [-0.25, -0.2) is 0 Å². The molecule has 0 heterocycles. The standard InChI is InChI=1S/C11H23N3OS/c1-6-14(7-2)10(15)9(5)13-11(16)12-8(3)4/h8-9H,6-7H2,1-5H3,(H2,12,13,16). The van der Waals surface area contributed by atoms with Crippen molar-refractivity contribution in [2.45, 2.75) is 46.7 Å². The van der Waals surface area contributed by atoms with Crippen molar-refractivity contribution in [3.63, 3.8) is 0 Å². The summed E-state index contributed by atoms with van der Waals surface area (Å²) in [7, 11) is 0. The number of amides is 1. The van der Waals surface area contributed by atoms with Gasteiger partial charge in [0.15, 0.2) is 5.11 Å². The summed E-state index contributed by atoms with van der Waals surface area (Å²) in [5.74, 6) is 0.0814. The molecule has 0 aliphatic rings. The van der Waals surface area contributed by atoms with Gasteiger partial charge < -0.3 is 15.5 Å². The van der Waals surface area contributed by atoms with Crippen molar-refractivity contribution >= 4 is 23.2 Å². The number of carbonyl (C=O) groups is 1. The lowest BCUT2D eigenvalue weighted by atomic mass is 10.3. The summed E-state index contributed by atoms with van der Waals surface area (Å²) >= 11 is 5.09. The Morgan fingerprint density at radius 2 is 1.69 bits per heavy atom. The normalized spacial score (nSPS) is 12.1. The summed E-state index contributed by atoms with van der Waals surface area (Å²) in [5.41, 5.74) is 0. The summed E-state index contributed by atoms with van der Waals surface area (Å²) in [6.07, 6.45) is 0. The molecule has 0 aromatic carbocycles. The minimum Gasteiger partial charge on any atom is -0.361 e. The fourth-order valence-corrected chi connectivity index (χ4v) is 1.78. The molecule has 1 amide bonds. The van der Waals surface area contributed by atoms with Crippen LogP contribution in [0.3, 0.4) is 0 Å². The highest BCUT2D eigenvalue weighted by atomic mass is 32.1. The van der Waals surface area contributed by atoms with Crippen LogP contribution in [0.25, 0.3) is 0 Å². The van der Waals surface area contributed by atoms with Crippen LogP contribution in [0.4, 0.5) is 0 Å². The molecule has 0 radical (unpaired) electrons. The maximum absolute atomic E-state index is 11.9. The Morgan fingerprint density at radius 1 is 1.19 bits per heavy atom. The highest BCUT2D eigenvalue weighted by Gasteiger charge is 2.18. The van der Waals surface area contributed by atoms with Gasteiger partial charge in [0.2, 0.25) is 5.91 Å². The summed E-state index contributed by atoms with van der Waals surface area (Å²) in [5, 5.41) is 6.57. The van der Waals surface area contributed by atoms with E-state index in [2.05, 4.69) is 10.6 Å². The average Bonchev–Trinajstić information content (AvgIpc) is 2.17. The smallest absolute Gasteiger partial charge is 0.244 e. The molecule has 16 heavy (non-hydrogen) atoms. The Kier molecular flexibility index (Phi) is 7.05. The van der Waals surface area contributed by atoms with Crippen molar-refractivity contribution in [1.29, 1.82) is 0 Å². The first kappa shape index (κ1) is 15.2. The minimum absolute atomic E-state index is 0.0814. The van der Waals surface area contributed by atoms with Gasteiger partial charge >= 0.3 is 0 Å². The maximum Gasteiger partial charge on any atom is 0.244 e. The number of rotatable bonds is 5. The second-order valence-electron chi connectivity index (χ2n) is 4.00. The first-order valence-corrected chi connectivity index (χ1v) is 6.18. The number of hydrogen-bond acceptors (Lipinski definition) is 2. The minimum atomic E-state index is -0.279. The lowest BCUT2D eigenvalue weighted by Crippen LogP contribution is -2.50. The fourth-order valence-electron chi connectivity index (χ4n) is 1.37.